The summed E-state index contributed by atoms with van der Waals surface area (Å²) in [6, 6.07) is 7.43. The summed E-state index contributed by atoms with van der Waals surface area (Å²) in [4.78, 5) is 11.0. The number of carbonyl (C=O) groups excluding carboxylic acids is 1. The molecule has 0 radical (unpaired) electrons. The standard InChI is InChI=1S/C10H7BrO2/c1-6(12)9-4-7-2-3-8(11)5-10(7)13-9/h2-5H,1H3. The molecule has 1 heterocycles. The van der Waals surface area contributed by atoms with Gasteiger partial charge in [-0.15, -0.1) is 0 Å². The number of rotatable bonds is 1. The van der Waals surface area contributed by atoms with Crippen LogP contribution in [-0.2, 0) is 0 Å². The van der Waals surface area contributed by atoms with E-state index in [4.69, 9.17) is 4.42 Å². The lowest BCUT2D eigenvalue weighted by Crippen LogP contribution is -1.85. The third-order valence-electron chi connectivity index (χ3n) is 1.83. The molecule has 1 aromatic carbocycles. The van der Waals surface area contributed by atoms with Crippen LogP contribution in [0.2, 0.25) is 0 Å². The van der Waals surface area contributed by atoms with Crippen molar-refractivity contribution in [1.82, 2.24) is 0 Å². The predicted molar refractivity (Wildman–Crippen MR) is 53.9 cm³/mol. The number of Topliss-reactive ketones (excluding diaryl/α,β-unsaturated/α-hetero) is 1. The van der Waals surface area contributed by atoms with Gasteiger partial charge in [-0.2, -0.15) is 0 Å². The lowest BCUT2D eigenvalue weighted by atomic mass is 10.2. The first-order chi connectivity index (χ1) is 6.16. The van der Waals surface area contributed by atoms with Crippen molar-refractivity contribution in [1.29, 1.82) is 0 Å². The Hall–Kier alpha value is -1.09. The van der Waals surface area contributed by atoms with Crippen LogP contribution in [0.4, 0.5) is 0 Å². The third-order valence-corrected chi connectivity index (χ3v) is 2.32. The summed E-state index contributed by atoms with van der Waals surface area (Å²) < 4.78 is 6.28. The van der Waals surface area contributed by atoms with Crippen molar-refractivity contribution in [3.63, 3.8) is 0 Å². The minimum Gasteiger partial charge on any atom is -0.453 e. The number of halogens is 1. The average molecular weight is 239 g/mol. The molecule has 0 fully saturated rings. The Kier molecular flexibility index (Phi) is 1.96. The minimum absolute atomic E-state index is 0.0488. The van der Waals surface area contributed by atoms with E-state index in [1.165, 1.54) is 6.92 Å². The molecule has 2 nitrogen and oxygen atoms in total. The number of carbonyl (C=O) groups is 1. The van der Waals surface area contributed by atoms with Crippen molar-refractivity contribution in [2.45, 2.75) is 6.92 Å². The Balaban J connectivity index is 2.68. The van der Waals surface area contributed by atoms with Crippen LogP contribution in [0.5, 0.6) is 0 Å². The molecule has 0 bridgehead atoms. The van der Waals surface area contributed by atoms with Crippen LogP contribution in [0, 0.1) is 0 Å². The van der Waals surface area contributed by atoms with Crippen LogP contribution in [0.3, 0.4) is 0 Å². The number of hydrogen-bond donors (Lipinski definition) is 0. The molecule has 0 amide bonds. The number of benzene rings is 1. The number of hydrogen-bond acceptors (Lipinski definition) is 2. The molecule has 66 valence electrons. The van der Waals surface area contributed by atoms with E-state index >= 15 is 0 Å². The van der Waals surface area contributed by atoms with Crippen LogP contribution in [0.1, 0.15) is 17.5 Å². The molecule has 2 rings (SSSR count). The van der Waals surface area contributed by atoms with Crippen molar-refractivity contribution in [2.24, 2.45) is 0 Å². The molecule has 3 heteroatoms. The fraction of sp³-hybridized carbons (Fsp3) is 0.100. The molecule has 2 aromatic rings. The van der Waals surface area contributed by atoms with Gasteiger partial charge in [0.05, 0.1) is 0 Å². The summed E-state index contributed by atoms with van der Waals surface area (Å²) >= 11 is 3.33. The zero-order valence-electron chi connectivity index (χ0n) is 7.00. The second kappa shape index (κ2) is 3.00. The fourth-order valence-electron chi connectivity index (χ4n) is 1.18. The number of furan rings is 1. The summed E-state index contributed by atoms with van der Waals surface area (Å²) in [5, 5.41) is 0.952. The molecule has 0 aliphatic rings. The highest BCUT2D eigenvalue weighted by atomic mass is 79.9. The topological polar surface area (TPSA) is 30.2 Å². The molecule has 13 heavy (non-hydrogen) atoms. The van der Waals surface area contributed by atoms with Gasteiger partial charge in [-0.3, -0.25) is 4.79 Å². The molecule has 0 saturated heterocycles. The highest BCUT2D eigenvalue weighted by molar-refractivity contribution is 9.10. The molecule has 0 atom stereocenters. The van der Waals surface area contributed by atoms with E-state index in [1.54, 1.807) is 6.07 Å². The molecule has 1 aromatic heterocycles. The average Bonchev–Trinajstić information content (AvgIpc) is 2.46. The first-order valence-corrected chi connectivity index (χ1v) is 4.66. The molecule has 0 spiro atoms. The zero-order chi connectivity index (χ0) is 9.42. The van der Waals surface area contributed by atoms with Crippen molar-refractivity contribution in [2.75, 3.05) is 0 Å². The van der Waals surface area contributed by atoms with Gasteiger partial charge in [-0.1, -0.05) is 15.9 Å². The van der Waals surface area contributed by atoms with E-state index in [-0.39, 0.29) is 5.78 Å². The van der Waals surface area contributed by atoms with Gasteiger partial charge < -0.3 is 4.42 Å². The Morgan fingerprint density at radius 1 is 1.38 bits per heavy atom. The Morgan fingerprint density at radius 2 is 2.15 bits per heavy atom. The second-order valence-corrected chi connectivity index (χ2v) is 3.76. The van der Waals surface area contributed by atoms with Crippen molar-refractivity contribution >= 4 is 32.7 Å². The highest BCUT2D eigenvalue weighted by Crippen LogP contribution is 2.23. The van der Waals surface area contributed by atoms with Crippen LogP contribution in [-0.4, -0.2) is 5.78 Å². The monoisotopic (exact) mass is 238 g/mol. The van der Waals surface area contributed by atoms with Gasteiger partial charge in [0.1, 0.15) is 5.58 Å². The summed E-state index contributed by atoms with van der Waals surface area (Å²) in [6.07, 6.45) is 0. The van der Waals surface area contributed by atoms with E-state index in [2.05, 4.69) is 15.9 Å². The van der Waals surface area contributed by atoms with Crippen LogP contribution in [0.15, 0.2) is 33.2 Å². The van der Waals surface area contributed by atoms with Crippen LogP contribution < -0.4 is 0 Å². The normalized spacial score (nSPS) is 10.6. The van der Waals surface area contributed by atoms with E-state index in [0.717, 1.165) is 15.4 Å². The molecule has 0 unspecified atom stereocenters. The molecule has 0 aliphatic carbocycles. The van der Waals surface area contributed by atoms with Crippen LogP contribution >= 0.6 is 15.9 Å². The SMILES string of the molecule is CC(=O)c1cc2ccc(Br)cc2o1. The maximum Gasteiger partial charge on any atom is 0.194 e. The van der Waals surface area contributed by atoms with Gasteiger partial charge in [-0.25, -0.2) is 0 Å². The lowest BCUT2D eigenvalue weighted by molar-refractivity contribution is 0.0989. The van der Waals surface area contributed by atoms with Gasteiger partial charge in [-0.05, 0) is 24.3 Å². The second-order valence-electron chi connectivity index (χ2n) is 2.85. The van der Waals surface area contributed by atoms with E-state index in [9.17, 15) is 4.79 Å². The quantitative estimate of drug-likeness (QED) is 0.714. The fourth-order valence-corrected chi connectivity index (χ4v) is 1.52. The summed E-state index contributed by atoms with van der Waals surface area (Å²) in [6.45, 7) is 1.49. The van der Waals surface area contributed by atoms with Crippen molar-refractivity contribution < 1.29 is 9.21 Å². The minimum atomic E-state index is -0.0488. The molecule has 0 N–H and O–H groups in total. The van der Waals surface area contributed by atoms with Gasteiger partial charge >= 0.3 is 0 Å². The largest absolute Gasteiger partial charge is 0.453 e. The molecule has 0 saturated carbocycles. The van der Waals surface area contributed by atoms with Crippen molar-refractivity contribution in [3.05, 3.63) is 34.5 Å². The van der Waals surface area contributed by atoms with Gasteiger partial charge in [0.25, 0.3) is 0 Å². The van der Waals surface area contributed by atoms with Gasteiger partial charge in [0.2, 0.25) is 0 Å². The molecular weight excluding hydrogens is 232 g/mol. The Labute approximate surface area is 83.7 Å². The lowest BCUT2D eigenvalue weighted by Gasteiger charge is -1.88. The van der Waals surface area contributed by atoms with Gasteiger partial charge in [0.15, 0.2) is 11.5 Å². The summed E-state index contributed by atoms with van der Waals surface area (Å²) in [5.41, 5.74) is 0.736. The maximum atomic E-state index is 11.0. The first-order valence-electron chi connectivity index (χ1n) is 3.87. The molecular formula is C10H7BrO2. The van der Waals surface area contributed by atoms with Gasteiger partial charge in [0, 0.05) is 16.8 Å². The van der Waals surface area contributed by atoms with Crippen LogP contribution in [0.25, 0.3) is 11.0 Å². The van der Waals surface area contributed by atoms with E-state index in [1.807, 2.05) is 18.2 Å². The third kappa shape index (κ3) is 1.52. The summed E-state index contributed by atoms with van der Waals surface area (Å²) in [5.74, 6) is 0.362. The Bertz CT molecular complexity index is 471. The van der Waals surface area contributed by atoms with E-state index in [0.29, 0.717) is 5.76 Å². The Morgan fingerprint density at radius 3 is 2.85 bits per heavy atom. The zero-order valence-corrected chi connectivity index (χ0v) is 8.59. The molecule has 0 aliphatic heterocycles. The maximum absolute atomic E-state index is 11.0. The first kappa shape index (κ1) is 8.51. The number of ketones is 1. The highest BCUT2D eigenvalue weighted by Gasteiger charge is 2.07. The summed E-state index contributed by atoms with van der Waals surface area (Å²) in [7, 11) is 0. The van der Waals surface area contributed by atoms with E-state index < -0.39 is 0 Å². The smallest absolute Gasteiger partial charge is 0.194 e. The predicted octanol–water partition coefficient (Wildman–Crippen LogP) is 3.40. The number of fused-ring (bicyclic) bond motifs is 1. The van der Waals surface area contributed by atoms with Crippen molar-refractivity contribution in [3.8, 4) is 0 Å².